The standard InChI is InChI=1S/C6H11N/c1-5-2-3-6(7)4-5/h4,6H,2-3,7H2,1H3/t6-/m0/s1. The monoisotopic (exact) mass is 97.1 g/mol. The first-order valence-electron chi connectivity index (χ1n) is 2.72. The van der Waals surface area contributed by atoms with Crippen molar-refractivity contribution in [3.05, 3.63) is 11.6 Å². The molecule has 0 radical (unpaired) electrons. The SMILES string of the molecule is CC1=C[C@@H](N)CC1. The van der Waals surface area contributed by atoms with E-state index in [1.54, 1.807) is 0 Å². The Bertz CT molecular complexity index is 94.4. The van der Waals surface area contributed by atoms with Crippen LogP contribution in [0, 0.1) is 0 Å². The van der Waals surface area contributed by atoms with Crippen molar-refractivity contribution in [2.24, 2.45) is 5.73 Å². The lowest BCUT2D eigenvalue weighted by atomic mass is 10.3. The predicted octanol–water partition coefficient (Wildman–Crippen LogP) is 1.05. The Labute approximate surface area is 44.2 Å². The average Bonchev–Trinajstić information content (AvgIpc) is 1.87. The fraction of sp³-hybridized carbons (Fsp3) is 0.667. The van der Waals surface area contributed by atoms with Gasteiger partial charge in [0.25, 0.3) is 0 Å². The van der Waals surface area contributed by atoms with Crippen molar-refractivity contribution in [3.63, 3.8) is 0 Å². The molecular formula is C6H11N. The minimum atomic E-state index is 0.361. The molecule has 0 aromatic carbocycles. The first-order chi connectivity index (χ1) is 3.29. The molecule has 0 aromatic rings. The highest BCUT2D eigenvalue weighted by molar-refractivity contribution is 5.09. The number of hydrogen-bond donors (Lipinski definition) is 1. The summed E-state index contributed by atoms with van der Waals surface area (Å²) in [6.45, 7) is 2.13. The van der Waals surface area contributed by atoms with Crippen molar-refractivity contribution >= 4 is 0 Å². The molecule has 0 saturated carbocycles. The van der Waals surface area contributed by atoms with Crippen LogP contribution in [0.5, 0.6) is 0 Å². The molecule has 40 valence electrons. The zero-order valence-corrected chi connectivity index (χ0v) is 4.65. The Morgan fingerprint density at radius 3 is 2.71 bits per heavy atom. The summed E-state index contributed by atoms with van der Waals surface area (Å²) in [5.74, 6) is 0. The molecule has 0 saturated heterocycles. The topological polar surface area (TPSA) is 26.0 Å². The van der Waals surface area contributed by atoms with Crippen molar-refractivity contribution < 1.29 is 0 Å². The molecule has 0 amide bonds. The number of nitrogens with two attached hydrogens (primary N) is 1. The first-order valence-corrected chi connectivity index (χ1v) is 2.72. The van der Waals surface area contributed by atoms with Crippen LogP contribution in [0.3, 0.4) is 0 Å². The molecule has 0 heterocycles. The van der Waals surface area contributed by atoms with Gasteiger partial charge in [-0.3, -0.25) is 0 Å². The quantitative estimate of drug-likeness (QED) is 0.449. The minimum Gasteiger partial charge on any atom is -0.324 e. The van der Waals surface area contributed by atoms with Crippen LogP contribution >= 0.6 is 0 Å². The van der Waals surface area contributed by atoms with Gasteiger partial charge in [0.2, 0.25) is 0 Å². The van der Waals surface area contributed by atoms with Gasteiger partial charge in [0.05, 0.1) is 0 Å². The van der Waals surface area contributed by atoms with Gasteiger partial charge in [-0.15, -0.1) is 0 Å². The second-order valence-corrected chi connectivity index (χ2v) is 2.22. The molecule has 1 nitrogen and oxygen atoms in total. The van der Waals surface area contributed by atoms with Crippen LogP contribution in [0.25, 0.3) is 0 Å². The Hall–Kier alpha value is -0.300. The average molecular weight is 97.2 g/mol. The fourth-order valence-corrected chi connectivity index (χ4v) is 0.926. The van der Waals surface area contributed by atoms with Crippen molar-refractivity contribution in [1.82, 2.24) is 0 Å². The third kappa shape index (κ3) is 1.03. The molecule has 0 fully saturated rings. The molecule has 1 atom stereocenters. The lowest BCUT2D eigenvalue weighted by Crippen LogP contribution is -2.11. The van der Waals surface area contributed by atoms with Gasteiger partial charge in [-0.1, -0.05) is 11.6 Å². The van der Waals surface area contributed by atoms with Crippen molar-refractivity contribution in [1.29, 1.82) is 0 Å². The number of rotatable bonds is 0. The summed E-state index contributed by atoms with van der Waals surface area (Å²) in [7, 11) is 0. The molecule has 7 heavy (non-hydrogen) atoms. The summed E-state index contributed by atoms with van der Waals surface area (Å²) in [5.41, 5.74) is 7.00. The molecule has 0 aliphatic heterocycles. The molecule has 0 unspecified atom stereocenters. The largest absolute Gasteiger partial charge is 0.324 e. The maximum Gasteiger partial charge on any atom is 0.0229 e. The van der Waals surface area contributed by atoms with Gasteiger partial charge in [0, 0.05) is 6.04 Å². The van der Waals surface area contributed by atoms with Gasteiger partial charge >= 0.3 is 0 Å². The lowest BCUT2D eigenvalue weighted by molar-refractivity contribution is 0.774. The smallest absolute Gasteiger partial charge is 0.0229 e. The summed E-state index contributed by atoms with van der Waals surface area (Å²) in [4.78, 5) is 0. The summed E-state index contributed by atoms with van der Waals surface area (Å²) in [5, 5.41) is 0. The van der Waals surface area contributed by atoms with Crippen LogP contribution in [-0.2, 0) is 0 Å². The maximum absolute atomic E-state index is 5.55. The molecule has 0 bridgehead atoms. The van der Waals surface area contributed by atoms with E-state index in [1.165, 1.54) is 12.0 Å². The molecule has 2 N–H and O–H groups in total. The fourth-order valence-electron chi connectivity index (χ4n) is 0.926. The summed E-state index contributed by atoms with van der Waals surface area (Å²) < 4.78 is 0. The van der Waals surface area contributed by atoms with E-state index in [9.17, 15) is 0 Å². The number of allylic oxidation sites excluding steroid dienone is 1. The predicted molar refractivity (Wildman–Crippen MR) is 31.0 cm³/mol. The first kappa shape index (κ1) is 4.85. The Kier molecular flexibility index (Phi) is 1.15. The van der Waals surface area contributed by atoms with Crippen molar-refractivity contribution in [3.8, 4) is 0 Å². The van der Waals surface area contributed by atoms with E-state index in [4.69, 9.17) is 5.73 Å². The molecule has 0 spiro atoms. The third-order valence-corrected chi connectivity index (χ3v) is 1.37. The highest BCUT2D eigenvalue weighted by Crippen LogP contribution is 2.14. The van der Waals surface area contributed by atoms with Crippen LogP contribution < -0.4 is 5.73 Å². The van der Waals surface area contributed by atoms with E-state index in [1.807, 2.05) is 0 Å². The maximum atomic E-state index is 5.55. The molecule has 1 heteroatoms. The van der Waals surface area contributed by atoms with E-state index < -0.39 is 0 Å². The van der Waals surface area contributed by atoms with E-state index in [2.05, 4.69) is 13.0 Å². The van der Waals surface area contributed by atoms with Crippen LogP contribution in [-0.4, -0.2) is 6.04 Å². The summed E-state index contributed by atoms with van der Waals surface area (Å²) >= 11 is 0. The van der Waals surface area contributed by atoms with Crippen LogP contribution in [0.4, 0.5) is 0 Å². The highest BCUT2D eigenvalue weighted by atomic mass is 14.6. The normalized spacial score (nSPS) is 30.6. The van der Waals surface area contributed by atoms with E-state index >= 15 is 0 Å². The van der Waals surface area contributed by atoms with Gasteiger partial charge in [-0.25, -0.2) is 0 Å². The summed E-state index contributed by atoms with van der Waals surface area (Å²) in [6.07, 6.45) is 4.51. The Morgan fingerprint density at radius 2 is 2.57 bits per heavy atom. The van der Waals surface area contributed by atoms with Crippen LogP contribution in [0.1, 0.15) is 19.8 Å². The van der Waals surface area contributed by atoms with Gasteiger partial charge in [-0.2, -0.15) is 0 Å². The van der Waals surface area contributed by atoms with Crippen LogP contribution in [0.15, 0.2) is 11.6 Å². The van der Waals surface area contributed by atoms with Crippen molar-refractivity contribution in [2.75, 3.05) is 0 Å². The third-order valence-electron chi connectivity index (χ3n) is 1.37. The van der Waals surface area contributed by atoms with Gasteiger partial charge in [0.15, 0.2) is 0 Å². The molecular weight excluding hydrogens is 86.1 g/mol. The highest BCUT2D eigenvalue weighted by Gasteiger charge is 2.05. The minimum absolute atomic E-state index is 0.361. The molecule has 1 rings (SSSR count). The number of hydrogen-bond acceptors (Lipinski definition) is 1. The van der Waals surface area contributed by atoms with Gasteiger partial charge in [0.1, 0.15) is 0 Å². The Morgan fingerprint density at radius 1 is 1.86 bits per heavy atom. The zero-order valence-electron chi connectivity index (χ0n) is 4.65. The Balaban J connectivity index is 2.50. The van der Waals surface area contributed by atoms with E-state index in [0.29, 0.717) is 6.04 Å². The molecule has 1 aliphatic rings. The van der Waals surface area contributed by atoms with Gasteiger partial charge < -0.3 is 5.73 Å². The van der Waals surface area contributed by atoms with E-state index in [-0.39, 0.29) is 0 Å². The molecule has 1 aliphatic carbocycles. The van der Waals surface area contributed by atoms with Crippen molar-refractivity contribution in [2.45, 2.75) is 25.8 Å². The molecule has 0 aromatic heterocycles. The second-order valence-electron chi connectivity index (χ2n) is 2.22. The van der Waals surface area contributed by atoms with E-state index in [0.717, 1.165) is 6.42 Å². The van der Waals surface area contributed by atoms with Gasteiger partial charge in [-0.05, 0) is 19.8 Å². The second kappa shape index (κ2) is 1.66. The van der Waals surface area contributed by atoms with Crippen LogP contribution in [0.2, 0.25) is 0 Å². The zero-order chi connectivity index (χ0) is 5.28. The summed E-state index contributed by atoms with van der Waals surface area (Å²) in [6, 6.07) is 0.361. The lowest BCUT2D eigenvalue weighted by Gasteiger charge is -1.90.